The SMILES string of the molecule is Cc1ccc(N)c(C(=O)NCCC2CCCC2)c1. The van der Waals surface area contributed by atoms with Crippen LogP contribution in [0.3, 0.4) is 0 Å². The molecule has 1 saturated carbocycles. The van der Waals surface area contributed by atoms with E-state index in [4.69, 9.17) is 5.73 Å². The van der Waals surface area contributed by atoms with E-state index < -0.39 is 0 Å². The minimum absolute atomic E-state index is 0.0470. The van der Waals surface area contributed by atoms with Crippen LogP contribution < -0.4 is 11.1 Å². The summed E-state index contributed by atoms with van der Waals surface area (Å²) in [7, 11) is 0. The molecule has 0 atom stereocenters. The van der Waals surface area contributed by atoms with Gasteiger partial charge in [-0.05, 0) is 31.4 Å². The number of rotatable bonds is 4. The van der Waals surface area contributed by atoms with E-state index in [0.717, 1.165) is 24.4 Å². The van der Waals surface area contributed by atoms with Gasteiger partial charge in [0.05, 0.1) is 5.56 Å². The summed E-state index contributed by atoms with van der Waals surface area (Å²) < 4.78 is 0. The van der Waals surface area contributed by atoms with E-state index in [2.05, 4.69) is 5.32 Å². The molecule has 18 heavy (non-hydrogen) atoms. The topological polar surface area (TPSA) is 55.1 Å². The fourth-order valence-electron chi connectivity index (χ4n) is 2.65. The molecule has 1 aliphatic carbocycles. The van der Waals surface area contributed by atoms with Crippen LogP contribution in [0.25, 0.3) is 0 Å². The van der Waals surface area contributed by atoms with Crippen molar-refractivity contribution in [3.63, 3.8) is 0 Å². The Kier molecular flexibility index (Phi) is 4.24. The van der Waals surface area contributed by atoms with E-state index >= 15 is 0 Å². The summed E-state index contributed by atoms with van der Waals surface area (Å²) >= 11 is 0. The zero-order chi connectivity index (χ0) is 13.0. The molecule has 0 spiro atoms. The summed E-state index contributed by atoms with van der Waals surface area (Å²) in [6.45, 7) is 2.73. The summed E-state index contributed by atoms with van der Waals surface area (Å²) in [5, 5.41) is 2.97. The molecule has 2 rings (SSSR count). The molecule has 3 N–H and O–H groups in total. The van der Waals surface area contributed by atoms with Crippen molar-refractivity contribution in [3.05, 3.63) is 29.3 Å². The maximum Gasteiger partial charge on any atom is 0.253 e. The molecule has 0 unspecified atom stereocenters. The van der Waals surface area contributed by atoms with Gasteiger partial charge in [0.1, 0.15) is 0 Å². The average Bonchev–Trinajstić information content (AvgIpc) is 2.85. The number of hydrogen-bond acceptors (Lipinski definition) is 2. The van der Waals surface area contributed by atoms with Gasteiger partial charge in [0.2, 0.25) is 0 Å². The van der Waals surface area contributed by atoms with E-state index in [1.807, 2.05) is 19.1 Å². The third-order valence-corrected chi connectivity index (χ3v) is 3.77. The molecule has 0 aliphatic heterocycles. The molecule has 3 heteroatoms. The smallest absolute Gasteiger partial charge is 0.253 e. The van der Waals surface area contributed by atoms with Crippen molar-refractivity contribution in [2.24, 2.45) is 5.92 Å². The van der Waals surface area contributed by atoms with Crippen LogP contribution in [0.1, 0.15) is 48.0 Å². The number of amides is 1. The highest BCUT2D eigenvalue weighted by molar-refractivity contribution is 5.99. The van der Waals surface area contributed by atoms with Crippen molar-refractivity contribution in [1.82, 2.24) is 5.32 Å². The summed E-state index contributed by atoms with van der Waals surface area (Å²) in [6.07, 6.45) is 6.44. The predicted molar refractivity (Wildman–Crippen MR) is 74.5 cm³/mol. The van der Waals surface area contributed by atoms with Crippen molar-refractivity contribution in [1.29, 1.82) is 0 Å². The van der Waals surface area contributed by atoms with Crippen LogP contribution >= 0.6 is 0 Å². The molecule has 1 aliphatic rings. The van der Waals surface area contributed by atoms with Gasteiger partial charge in [0, 0.05) is 12.2 Å². The maximum absolute atomic E-state index is 12.0. The van der Waals surface area contributed by atoms with Crippen molar-refractivity contribution in [3.8, 4) is 0 Å². The van der Waals surface area contributed by atoms with Crippen LogP contribution in [0.2, 0.25) is 0 Å². The summed E-state index contributed by atoms with van der Waals surface area (Å²) in [4.78, 5) is 12.0. The van der Waals surface area contributed by atoms with Crippen molar-refractivity contribution in [2.45, 2.75) is 39.0 Å². The van der Waals surface area contributed by atoms with Crippen LogP contribution in [0.15, 0.2) is 18.2 Å². The number of benzene rings is 1. The second kappa shape index (κ2) is 5.89. The Morgan fingerprint density at radius 3 is 2.83 bits per heavy atom. The predicted octanol–water partition coefficient (Wildman–Crippen LogP) is 2.89. The first kappa shape index (κ1) is 12.9. The largest absolute Gasteiger partial charge is 0.398 e. The highest BCUT2D eigenvalue weighted by Gasteiger charge is 2.15. The molecular weight excluding hydrogens is 224 g/mol. The van der Waals surface area contributed by atoms with Gasteiger partial charge >= 0.3 is 0 Å². The minimum atomic E-state index is -0.0470. The Morgan fingerprint density at radius 2 is 2.11 bits per heavy atom. The average molecular weight is 246 g/mol. The first-order valence-electron chi connectivity index (χ1n) is 6.81. The number of aryl methyl sites for hydroxylation is 1. The van der Waals surface area contributed by atoms with Gasteiger partial charge in [-0.1, -0.05) is 37.3 Å². The molecule has 3 nitrogen and oxygen atoms in total. The van der Waals surface area contributed by atoms with Gasteiger partial charge in [-0.3, -0.25) is 4.79 Å². The van der Waals surface area contributed by atoms with Gasteiger partial charge in [-0.2, -0.15) is 0 Å². The van der Waals surface area contributed by atoms with Crippen molar-refractivity contribution >= 4 is 11.6 Å². The van der Waals surface area contributed by atoms with E-state index in [9.17, 15) is 4.79 Å². The standard InChI is InChI=1S/C15H22N2O/c1-11-6-7-14(16)13(10-11)15(18)17-9-8-12-4-2-3-5-12/h6-7,10,12H,2-5,8-9,16H2,1H3,(H,17,18). The molecule has 1 aromatic carbocycles. The minimum Gasteiger partial charge on any atom is -0.398 e. The highest BCUT2D eigenvalue weighted by atomic mass is 16.1. The van der Waals surface area contributed by atoms with Crippen LogP contribution in [-0.2, 0) is 0 Å². The third-order valence-electron chi connectivity index (χ3n) is 3.77. The first-order chi connectivity index (χ1) is 8.66. The lowest BCUT2D eigenvalue weighted by molar-refractivity contribution is 0.0952. The fourth-order valence-corrected chi connectivity index (χ4v) is 2.65. The Labute approximate surface area is 109 Å². The van der Waals surface area contributed by atoms with E-state index in [1.54, 1.807) is 6.07 Å². The number of anilines is 1. The van der Waals surface area contributed by atoms with Crippen LogP contribution in [0.4, 0.5) is 5.69 Å². The normalized spacial score (nSPS) is 15.8. The maximum atomic E-state index is 12.0. The molecular formula is C15H22N2O. The van der Waals surface area contributed by atoms with Crippen LogP contribution in [0.5, 0.6) is 0 Å². The monoisotopic (exact) mass is 246 g/mol. The Hall–Kier alpha value is -1.51. The highest BCUT2D eigenvalue weighted by Crippen LogP contribution is 2.26. The number of carbonyl (C=O) groups excluding carboxylic acids is 1. The van der Waals surface area contributed by atoms with Crippen LogP contribution in [-0.4, -0.2) is 12.5 Å². The zero-order valence-corrected chi connectivity index (χ0v) is 11.0. The van der Waals surface area contributed by atoms with Crippen molar-refractivity contribution in [2.75, 3.05) is 12.3 Å². The molecule has 0 radical (unpaired) electrons. The summed E-state index contributed by atoms with van der Waals surface area (Å²) in [5.74, 6) is 0.759. The second-order valence-corrected chi connectivity index (χ2v) is 5.29. The number of carbonyl (C=O) groups is 1. The molecule has 0 heterocycles. The molecule has 0 saturated heterocycles. The Balaban J connectivity index is 1.85. The van der Waals surface area contributed by atoms with Crippen LogP contribution in [0, 0.1) is 12.8 Å². The first-order valence-corrected chi connectivity index (χ1v) is 6.81. The van der Waals surface area contributed by atoms with Crippen molar-refractivity contribution < 1.29 is 4.79 Å². The summed E-state index contributed by atoms with van der Waals surface area (Å²) in [5.41, 5.74) is 8.04. The quantitative estimate of drug-likeness (QED) is 0.803. The third kappa shape index (κ3) is 3.25. The van der Waals surface area contributed by atoms with Gasteiger partial charge in [-0.25, -0.2) is 0 Å². The molecule has 1 amide bonds. The number of nitrogens with two attached hydrogens (primary N) is 1. The lowest BCUT2D eigenvalue weighted by Gasteiger charge is -2.11. The molecule has 1 fully saturated rings. The Morgan fingerprint density at radius 1 is 1.39 bits per heavy atom. The Bertz CT molecular complexity index is 423. The van der Waals surface area contributed by atoms with Gasteiger partial charge < -0.3 is 11.1 Å². The second-order valence-electron chi connectivity index (χ2n) is 5.29. The summed E-state index contributed by atoms with van der Waals surface area (Å²) in [6, 6.07) is 5.56. The molecule has 98 valence electrons. The molecule has 0 bridgehead atoms. The molecule has 1 aromatic rings. The van der Waals surface area contributed by atoms with Gasteiger partial charge in [-0.15, -0.1) is 0 Å². The van der Waals surface area contributed by atoms with E-state index in [1.165, 1.54) is 25.7 Å². The van der Waals surface area contributed by atoms with E-state index in [0.29, 0.717) is 11.3 Å². The number of hydrogen-bond donors (Lipinski definition) is 2. The molecule has 0 aromatic heterocycles. The number of nitrogens with one attached hydrogen (secondary N) is 1. The zero-order valence-electron chi connectivity index (χ0n) is 11.0. The fraction of sp³-hybridized carbons (Fsp3) is 0.533. The lowest BCUT2D eigenvalue weighted by atomic mass is 10.0. The lowest BCUT2D eigenvalue weighted by Crippen LogP contribution is -2.26. The number of nitrogen functional groups attached to an aromatic ring is 1. The van der Waals surface area contributed by atoms with Gasteiger partial charge in [0.25, 0.3) is 5.91 Å². The van der Waals surface area contributed by atoms with E-state index in [-0.39, 0.29) is 5.91 Å². The van der Waals surface area contributed by atoms with Gasteiger partial charge in [0.15, 0.2) is 0 Å².